The largest absolute Gasteiger partial charge is 0.366 e. The van der Waals surface area contributed by atoms with Crippen LogP contribution in [0.3, 0.4) is 0 Å². The normalized spacial score (nSPS) is 23.1. The van der Waals surface area contributed by atoms with Gasteiger partial charge in [-0.3, -0.25) is 4.90 Å². The minimum atomic E-state index is 0.243. The highest BCUT2D eigenvalue weighted by Gasteiger charge is 2.32. The number of hydrogen-bond donors (Lipinski definition) is 1. The summed E-state index contributed by atoms with van der Waals surface area (Å²) in [6.45, 7) is 12.7. The summed E-state index contributed by atoms with van der Waals surface area (Å²) in [5, 5.41) is 0. The molecule has 0 radical (unpaired) electrons. The molecule has 2 heterocycles. The Morgan fingerprint density at radius 3 is 2.83 bits per heavy atom. The second-order valence-corrected chi connectivity index (χ2v) is 7.69. The van der Waals surface area contributed by atoms with Gasteiger partial charge in [0.25, 0.3) is 0 Å². The molecule has 0 bridgehead atoms. The van der Waals surface area contributed by atoms with E-state index in [0.29, 0.717) is 43.6 Å². The van der Waals surface area contributed by atoms with Gasteiger partial charge >= 0.3 is 0 Å². The lowest BCUT2D eigenvalue weighted by molar-refractivity contribution is -0.119. The number of nitrogens with zero attached hydrogens (tertiary/aromatic N) is 2. The van der Waals surface area contributed by atoms with Crippen molar-refractivity contribution in [3.05, 3.63) is 17.7 Å². The maximum atomic E-state index is 11.4. The summed E-state index contributed by atoms with van der Waals surface area (Å²) in [5.41, 5.74) is 1.19. The van der Waals surface area contributed by atoms with E-state index in [0.717, 1.165) is 25.2 Å². The molecule has 1 aromatic heterocycles. The van der Waals surface area contributed by atoms with Crippen LogP contribution in [0, 0.1) is 17.8 Å². The van der Waals surface area contributed by atoms with Gasteiger partial charge in [0.05, 0.1) is 19.4 Å². The molecule has 2 rings (SSSR count). The molecular weight excluding hydrogens is 302 g/mol. The SMILES string of the molecule is CCc1cnc([C@@H]2CC(C)CN2COC[C@@H](CC(C)=O)C(C)C)[nH]1. The molecule has 1 aromatic rings. The van der Waals surface area contributed by atoms with Gasteiger partial charge in [0, 0.05) is 24.9 Å². The number of nitrogens with one attached hydrogen (secondary N) is 1. The zero-order valence-corrected chi connectivity index (χ0v) is 15.8. The van der Waals surface area contributed by atoms with Crippen LogP contribution in [-0.4, -0.2) is 40.5 Å². The molecule has 5 nitrogen and oxygen atoms in total. The summed E-state index contributed by atoms with van der Waals surface area (Å²) >= 11 is 0. The highest BCUT2D eigenvalue weighted by molar-refractivity contribution is 5.75. The number of carbonyl (C=O) groups excluding carboxylic acids is 1. The molecule has 0 aromatic carbocycles. The number of ether oxygens (including phenoxy) is 1. The number of carbonyl (C=O) groups is 1. The molecule has 24 heavy (non-hydrogen) atoms. The van der Waals surface area contributed by atoms with Crippen molar-refractivity contribution in [3.63, 3.8) is 0 Å². The lowest BCUT2D eigenvalue weighted by atomic mass is 9.92. The van der Waals surface area contributed by atoms with Crippen molar-refractivity contribution in [2.24, 2.45) is 17.8 Å². The minimum Gasteiger partial charge on any atom is -0.366 e. The van der Waals surface area contributed by atoms with Crippen molar-refractivity contribution >= 4 is 5.78 Å². The third-order valence-corrected chi connectivity index (χ3v) is 5.04. The molecule has 1 N–H and O–H groups in total. The second-order valence-electron chi connectivity index (χ2n) is 7.69. The Hall–Kier alpha value is -1.20. The Kier molecular flexibility index (Phi) is 6.99. The monoisotopic (exact) mass is 335 g/mol. The summed E-state index contributed by atoms with van der Waals surface area (Å²) in [4.78, 5) is 21.8. The van der Waals surface area contributed by atoms with Crippen LogP contribution in [0.15, 0.2) is 6.20 Å². The quantitative estimate of drug-likeness (QED) is 0.749. The van der Waals surface area contributed by atoms with Crippen LogP contribution in [0.4, 0.5) is 0 Å². The van der Waals surface area contributed by atoms with Gasteiger partial charge < -0.3 is 14.5 Å². The van der Waals surface area contributed by atoms with Crippen molar-refractivity contribution in [1.82, 2.24) is 14.9 Å². The fraction of sp³-hybridized carbons (Fsp3) is 0.789. The first-order chi connectivity index (χ1) is 11.4. The predicted molar refractivity (Wildman–Crippen MR) is 95.6 cm³/mol. The Morgan fingerprint density at radius 2 is 2.25 bits per heavy atom. The number of rotatable bonds is 9. The lowest BCUT2D eigenvalue weighted by Crippen LogP contribution is -2.29. The van der Waals surface area contributed by atoms with E-state index in [1.165, 1.54) is 5.69 Å². The van der Waals surface area contributed by atoms with Crippen LogP contribution in [0.25, 0.3) is 0 Å². The van der Waals surface area contributed by atoms with Crippen molar-refractivity contribution < 1.29 is 9.53 Å². The number of aromatic amines is 1. The fourth-order valence-corrected chi connectivity index (χ4v) is 3.46. The molecular formula is C19H33N3O2. The van der Waals surface area contributed by atoms with E-state index in [1.807, 2.05) is 6.20 Å². The maximum absolute atomic E-state index is 11.4. The van der Waals surface area contributed by atoms with Gasteiger partial charge in [-0.1, -0.05) is 27.7 Å². The summed E-state index contributed by atoms with van der Waals surface area (Å²) in [7, 11) is 0. The molecule has 1 aliphatic heterocycles. The highest BCUT2D eigenvalue weighted by Crippen LogP contribution is 2.33. The number of H-pyrrole nitrogens is 1. The Balaban J connectivity index is 1.90. The first-order valence-corrected chi connectivity index (χ1v) is 9.25. The van der Waals surface area contributed by atoms with E-state index in [-0.39, 0.29) is 5.78 Å². The van der Waals surface area contributed by atoms with Gasteiger partial charge in [-0.2, -0.15) is 0 Å². The maximum Gasteiger partial charge on any atom is 0.130 e. The van der Waals surface area contributed by atoms with E-state index in [2.05, 4.69) is 42.6 Å². The van der Waals surface area contributed by atoms with Crippen molar-refractivity contribution in [2.45, 2.75) is 59.9 Å². The van der Waals surface area contributed by atoms with Crippen LogP contribution in [0.5, 0.6) is 0 Å². The van der Waals surface area contributed by atoms with Gasteiger partial charge in [0.2, 0.25) is 0 Å². The molecule has 1 aliphatic rings. The first-order valence-electron chi connectivity index (χ1n) is 9.25. The van der Waals surface area contributed by atoms with E-state index in [9.17, 15) is 4.79 Å². The van der Waals surface area contributed by atoms with Gasteiger partial charge in [0.1, 0.15) is 11.6 Å². The third kappa shape index (κ3) is 5.15. The third-order valence-electron chi connectivity index (χ3n) is 5.04. The molecule has 0 amide bonds. The average molecular weight is 335 g/mol. The first kappa shape index (κ1) is 19.1. The summed E-state index contributed by atoms with van der Waals surface area (Å²) < 4.78 is 6.01. The van der Waals surface area contributed by atoms with E-state index < -0.39 is 0 Å². The highest BCUT2D eigenvalue weighted by atomic mass is 16.5. The van der Waals surface area contributed by atoms with Gasteiger partial charge in [-0.25, -0.2) is 4.98 Å². The molecule has 5 heteroatoms. The van der Waals surface area contributed by atoms with Crippen LogP contribution in [-0.2, 0) is 16.0 Å². The summed E-state index contributed by atoms with van der Waals surface area (Å²) in [6.07, 6.45) is 4.64. The Labute approximate surface area is 146 Å². The molecule has 0 spiro atoms. The Morgan fingerprint density at radius 1 is 1.50 bits per heavy atom. The fourth-order valence-electron chi connectivity index (χ4n) is 3.46. The number of likely N-dealkylation sites (tertiary alicyclic amines) is 1. The van der Waals surface area contributed by atoms with Crippen molar-refractivity contribution in [1.29, 1.82) is 0 Å². The summed E-state index contributed by atoms with van der Waals surface area (Å²) in [6, 6.07) is 0.311. The van der Waals surface area contributed by atoms with Gasteiger partial charge in [-0.05, 0) is 37.5 Å². The molecule has 0 aliphatic carbocycles. The molecule has 1 fully saturated rings. The molecule has 1 saturated heterocycles. The Bertz CT molecular complexity index is 526. The molecule has 136 valence electrons. The molecule has 0 saturated carbocycles. The van der Waals surface area contributed by atoms with Gasteiger partial charge in [-0.15, -0.1) is 0 Å². The minimum absolute atomic E-state index is 0.243. The topological polar surface area (TPSA) is 58.2 Å². The van der Waals surface area contributed by atoms with Crippen LogP contribution in [0.1, 0.15) is 65.0 Å². The average Bonchev–Trinajstić information content (AvgIpc) is 3.11. The van der Waals surface area contributed by atoms with E-state index in [4.69, 9.17) is 4.74 Å². The van der Waals surface area contributed by atoms with Crippen molar-refractivity contribution in [2.75, 3.05) is 19.9 Å². The smallest absolute Gasteiger partial charge is 0.130 e. The lowest BCUT2D eigenvalue weighted by Gasteiger charge is -2.25. The van der Waals surface area contributed by atoms with Crippen molar-refractivity contribution in [3.8, 4) is 0 Å². The number of ketones is 1. The number of aryl methyl sites for hydroxylation is 1. The van der Waals surface area contributed by atoms with Crippen LogP contribution in [0.2, 0.25) is 0 Å². The standard InChI is InChI=1S/C19H33N3O2/c1-6-17-9-20-19(21-17)18-7-14(4)10-22(18)12-24-11-16(13(2)3)8-15(5)23/h9,13-14,16,18H,6-8,10-12H2,1-5H3,(H,20,21)/t14?,16-,18+/m1/s1. The summed E-state index contributed by atoms with van der Waals surface area (Å²) in [5.74, 6) is 2.71. The molecule has 3 atom stereocenters. The van der Waals surface area contributed by atoms with E-state index in [1.54, 1.807) is 6.92 Å². The van der Waals surface area contributed by atoms with Crippen LogP contribution >= 0.6 is 0 Å². The number of Topliss-reactive ketones (excluding diaryl/α,β-unsaturated/α-hetero) is 1. The zero-order chi connectivity index (χ0) is 17.7. The van der Waals surface area contributed by atoms with Gasteiger partial charge in [0.15, 0.2) is 0 Å². The second kappa shape index (κ2) is 8.77. The number of hydrogen-bond acceptors (Lipinski definition) is 4. The predicted octanol–water partition coefficient (Wildman–Crippen LogP) is 3.58. The zero-order valence-electron chi connectivity index (χ0n) is 15.8. The molecule has 1 unspecified atom stereocenters. The number of aromatic nitrogens is 2. The number of imidazole rings is 1. The van der Waals surface area contributed by atoms with Crippen LogP contribution < -0.4 is 0 Å². The van der Waals surface area contributed by atoms with E-state index >= 15 is 0 Å².